The number of methoxy groups -OCH3 is 1. The Morgan fingerprint density at radius 3 is 2.47 bits per heavy atom. The summed E-state index contributed by atoms with van der Waals surface area (Å²) >= 11 is 0. The molecule has 3 heteroatoms. The summed E-state index contributed by atoms with van der Waals surface area (Å²) in [5, 5.41) is 1.07. The fourth-order valence-electron chi connectivity index (χ4n) is 1.83. The molecule has 0 aliphatic heterocycles. The minimum atomic E-state index is -1.41. The Kier molecular flexibility index (Phi) is 3.63. The van der Waals surface area contributed by atoms with Crippen LogP contribution in [0.1, 0.15) is 11.3 Å². The molecule has 0 aliphatic carbocycles. The van der Waals surface area contributed by atoms with Crippen LogP contribution >= 0.6 is 0 Å². The highest BCUT2D eigenvalue weighted by molar-refractivity contribution is 6.83. The number of ether oxygens (including phenoxy) is 1. The maximum absolute atomic E-state index is 5.43. The van der Waals surface area contributed by atoms with Gasteiger partial charge < -0.3 is 4.74 Å². The Morgan fingerprint density at radius 1 is 1.11 bits per heavy atom. The number of aryl methyl sites for hydroxylation is 1. The first-order chi connectivity index (χ1) is 8.90. The maximum Gasteiger partial charge on any atom is 0.135 e. The van der Waals surface area contributed by atoms with E-state index in [9.17, 15) is 0 Å². The first kappa shape index (κ1) is 13.6. The van der Waals surface area contributed by atoms with Crippen LogP contribution < -0.4 is 4.74 Å². The summed E-state index contributed by atoms with van der Waals surface area (Å²) in [6.07, 6.45) is 0. The van der Waals surface area contributed by atoms with Gasteiger partial charge >= 0.3 is 0 Å². The number of benzene rings is 1. The van der Waals surface area contributed by atoms with E-state index in [4.69, 9.17) is 4.74 Å². The Morgan fingerprint density at radius 2 is 1.84 bits per heavy atom. The molecule has 98 valence electrons. The highest BCUT2D eigenvalue weighted by Crippen LogP contribution is 2.26. The van der Waals surface area contributed by atoms with Crippen LogP contribution in [-0.2, 0) is 0 Å². The molecule has 2 rings (SSSR count). The molecule has 2 aromatic rings. The van der Waals surface area contributed by atoms with Gasteiger partial charge in [-0.2, -0.15) is 0 Å². The molecule has 1 aromatic heterocycles. The minimum absolute atomic E-state index is 0.823. The van der Waals surface area contributed by atoms with Crippen LogP contribution in [-0.4, -0.2) is 20.2 Å². The second kappa shape index (κ2) is 5.06. The smallest absolute Gasteiger partial charge is 0.135 e. The Balaban J connectivity index is 2.70. The molecule has 0 saturated carbocycles. The van der Waals surface area contributed by atoms with Crippen molar-refractivity contribution in [3.63, 3.8) is 0 Å². The number of pyridine rings is 1. The van der Waals surface area contributed by atoms with E-state index in [2.05, 4.69) is 42.2 Å². The average molecular weight is 269 g/mol. The maximum atomic E-state index is 5.43. The quantitative estimate of drug-likeness (QED) is 0.580. The summed E-state index contributed by atoms with van der Waals surface area (Å²) in [5.41, 5.74) is 6.34. The predicted molar refractivity (Wildman–Crippen MR) is 83.3 cm³/mol. The number of hydrogen-bond acceptors (Lipinski definition) is 2. The summed E-state index contributed by atoms with van der Waals surface area (Å²) in [5.74, 6) is 4.14. The van der Waals surface area contributed by atoms with E-state index in [0.29, 0.717) is 0 Å². The van der Waals surface area contributed by atoms with E-state index < -0.39 is 8.07 Å². The van der Waals surface area contributed by atoms with Crippen LogP contribution in [0.15, 0.2) is 24.3 Å². The van der Waals surface area contributed by atoms with Crippen molar-refractivity contribution in [3.8, 4) is 17.2 Å². The highest BCUT2D eigenvalue weighted by atomic mass is 28.3. The number of hydrogen-bond donors (Lipinski definition) is 0. The molecular weight excluding hydrogens is 250 g/mol. The molecular formula is C16H19NOSi. The molecule has 0 atom stereocenters. The van der Waals surface area contributed by atoms with Crippen molar-refractivity contribution >= 4 is 19.0 Å². The van der Waals surface area contributed by atoms with Gasteiger partial charge in [-0.05, 0) is 31.2 Å². The molecule has 0 unspecified atom stereocenters. The summed E-state index contributed by atoms with van der Waals surface area (Å²) in [7, 11) is 0.272. The Labute approximate surface area is 115 Å². The number of fused-ring (bicyclic) bond motifs is 1. The second-order valence-electron chi connectivity index (χ2n) is 5.66. The summed E-state index contributed by atoms with van der Waals surface area (Å²) in [4.78, 5) is 4.54. The first-order valence-electron chi connectivity index (χ1n) is 6.38. The fraction of sp³-hybridized carbons (Fsp3) is 0.312. The third-order valence-electron chi connectivity index (χ3n) is 2.75. The van der Waals surface area contributed by atoms with Gasteiger partial charge in [0.15, 0.2) is 0 Å². The van der Waals surface area contributed by atoms with E-state index in [1.165, 1.54) is 0 Å². The second-order valence-corrected chi connectivity index (χ2v) is 10.4. The summed E-state index contributed by atoms with van der Waals surface area (Å²) in [6.45, 7) is 8.71. The molecule has 0 saturated heterocycles. The largest absolute Gasteiger partial charge is 0.495 e. The van der Waals surface area contributed by atoms with Crippen LogP contribution in [0.3, 0.4) is 0 Å². The van der Waals surface area contributed by atoms with Crippen molar-refractivity contribution in [2.24, 2.45) is 0 Å². The van der Waals surface area contributed by atoms with E-state index >= 15 is 0 Å². The standard InChI is InChI=1S/C16H19NOSi/c1-12-6-7-13-14(10-11-19(3,4)5)16(18-2)9-8-15(13)17-12/h6-9H,1-5H3. The van der Waals surface area contributed by atoms with Crippen molar-refractivity contribution in [2.75, 3.05) is 7.11 Å². The number of aromatic nitrogens is 1. The van der Waals surface area contributed by atoms with Crippen LogP contribution in [0.2, 0.25) is 19.6 Å². The average Bonchev–Trinajstić information content (AvgIpc) is 2.34. The number of rotatable bonds is 1. The van der Waals surface area contributed by atoms with Gasteiger partial charge in [0.1, 0.15) is 13.8 Å². The van der Waals surface area contributed by atoms with E-state index in [1.807, 2.05) is 25.1 Å². The summed E-state index contributed by atoms with van der Waals surface area (Å²) < 4.78 is 5.43. The van der Waals surface area contributed by atoms with Gasteiger partial charge in [-0.1, -0.05) is 25.6 Å². The zero-order valence-electron chi connectivity index (χ0n) is 12.2. The van der Waals surface area contributed by atoms with Crippen LogP contribution in [0.4, 0.5) is 0 Å². The Hall–Kier alpha value is -1.79. The van der Waals surface area contributed by atoms with Gasteiger partial charge in [0.2, 0.25) is 0 Å². The predicted octanol–water partition coefficient (Wildman–Crippen LogP) is 3.78. The third kappa shape index (κ3) is 3.15. The normalized spacial score (nSPS) is 11.0. The van der Waals surface area contributed by atoms with Gasteiger partial charge in [-0.25, -0.2) is 0 Å². The molecule has 1 aromatic carbocycles. The molecule has 19 heavy (non-hydrogen) atoms. The first-order valence-corrected chi connectivity index (χ1v) is 9.88. The van der Waals surface area contributed by atoms with Crippen LogP contribution in [0, 0.1) is 18.4 Å². The van der Waals surface area contributed by atoms with Gasteiger partial charge in [-0.15, -0.1) is 5.54 Å². The zero-order valence-corrected chi connectivity index (χ0v) is 13.2. The fourth-order valence-corrected chi connectivity index (χ4v) is 2.33. The van der Waals surface area contributed by atoms with Crippen molar-refractivity contribution in [1.29, 1.82) is 0 Å². The van der Waals surface area contributed by atoms with Crippen molar-refractivity contribution in [1.82, 2.24) is 4.98 Å². The molecule has 1 heterocycles. The lowest BCUT2D eigenvalue weighted by molar-refractivity contribution is 0.414. The SMILES string of the molecule is COc1ccc2nc(C)ccc2c1C#C[Si](C)(C)C. The molecule has 0 radical (unpaired) electrons. The molecule has 0 fully saturated rings. The summed E-state index contributed by atoms with van der Waals surface area (Å²) in [6, 6.07) is 8.03. The molecule has 0 amide bonds. The molecule has 0 bridgehead atoms. The van der Waals surface area contributed by atoms with E-state index in [0.717, 1.165) is 27.9 Å². The molecule has 0 aliphatic rings. The van der Waals surface area contributed by atoms with E-state index in [-0.39, 0.29) is 0 Å². The van der Waals surface area contributed by atoms with Gasteiger partial charge in [0.25, 0.3) is 0 Å². The molecule has 0 spiro atoms. The van der Waals surface area contributed by atoms with Crippen molar-refractivity contribution < 1.29 is 4.74 Å². The minimum Gasteiger partial charge on any atom is -0.495 e. The van der Waals surface area contributed by atoms with Gasteiger partial charge in [0.05, 0.1) is 18.2 Å². The zero-order chi connectivity index (χ0) is 14.0. The Bertz CT molecular complexity index is 675. The third-order valence-corrected chi connectivity index (χ3v) is 3.63. The molecule has 2 nitrogen and oxygen atoms in total. The van der Waals surface area contributed by atoms with Gasteiger partial charge in [0, 0.05) is 11.1 Å². The van der Waals surface area contributed by atoms with Crippen molar-refractivity contribution in [2.45, 2.75) is 26.6 Å². The monoisotopic (exact) mass is 269 g/mol. The lowest BCUT2D eigenvalue weighted by atomic mass is 10.1. The molecule has 0 N–H and O–H groups in total. The lowest BCUT2D eigenvalue weighted by Gasteiger charge is -2.09. The number of nitrogens with zero attached hydrogens (tertiary/aromatic N) is 1. The van der Waals surface area contributed by atoms with Gasteiger partial charge in [-0.3, -0.25) is 4.98 Å². The van der Waals surface area contributed by atoms with Crippen LogP contribution in [0.5, 0.6) is 5.75 Å². The topological polar surface area (TPSA) is 22.1 Å². The highest BCUT2D eigenvalue weighted by Gasteiger charge is 2.10. The van der Waals surface area contributed by atoms with Crippen molar-refractivity contribution in [3.05, 3.63) is 35.5 Å². The van der Waals surface area contributed by atoms with Crippen LogP contribution in [0.25, 0.3) is 10.9 Å². The van der Waals surface area contributed by atoms with E-state index in [1.54, 1.807) is 7.11 Å². The lowest BCUT2D eigenvalue weighted by Crippen LogP contribution is -2.16.